The van der Waals surface area contributed by atoms with Gasteiger partial charge >= 0.3 is 6.18 Å². The second-order valence-electron chi connectivity index (χ2n) is 4.99. The number of nitrogens with zero attached hydrogens (tertiary/aromatic N) is 2. The van der Waals surface area contributed by atoms with Crippen LogP contribution in [-0.4, -0.2) is 19.0 Å². The Morgan fingerprint density at radius 1 is 1.39 bits per heavy atom. The predicted octanol–water partition coefficient (Wildman–Crippen LogP) is 4.07. The van der Waals surface area contributed by atoms with Crippen molar-refractivity contribution in [3.8, 4) is 0 Å². The van der Waals surface area contributed by atoms with Gasteiger partial charge in [-0.05, 0) is 24.1 Å². The van der Waals surface area contributed by atoms with Crippen molar-refractivity contribution in [1.29, 1.82) is 0 Å². The van der Waals surface area contributed by atoms with E-state index < -0.39 is 11.7 Å². The van der Waals surface area contributed by atoms with E-state index in [-0.39, 0.29) is 11.4 Å². The van der Waals surface area contributed by atoms with Gasteiger partial charge in [-0.25, -0.2) is 14.2 Å². The molecule has 0 spiro atoms. The molecule has 2 aromatic heterocycles. The number of rotatable bonds is 2. The molecule has 0 bridgehead atoms. The molecule has 0 radical (unpaired) electrons. The summed E-state index contributed by atoms with van der Waals surface area (Å²) in [6, 6.07) is 1.01. The van der Waals surface area contributed by atoms with Crippen molar-refractivity contribution < 1.29 is 17.4 Å². The minimum Gasteiger partial charge on any atom is -0.243 e. The van der Waals surface area contributed by atoms with Gasteiger partial charge in [-0.3, -0.25) is 0 Å². The van der Waals surface area contributed by atoms with Gasteiger partial charge in [-0.2, -0.15) is 13.2 Å². The normalized spacial score (nSPS) is 18.3. The van der Waals surface area contributed by atoms with Crippen LogP contribution in [0.15, 0.2) is 30.5 Å². The number of aromatic nitrogens is 2. The molecule has 120 valence electrons. The Kier molecular flexibility index (Phi) is 4.20. The zero-order valence-corrected chi connectivity index (χ0v) is 13.6. The number of allylic oxidation sites excluding steroid dienone is 4. The number of pyridine rings is 1. The maximum Gasteiger partial charge on any atom is 0.417 e. The maximum absolute atomic E-state index is 12.8. The van der Waals surface area contributed by atoms with Crippen LogP contribution in [0.5, 0.6) is 0 Å². The number of halogens is 3. The molecule has 2 aromatic rings. The highest BCUT2D eigenvalue weighted by Gasteiger charge is 2.32. The summed E-state index contributed by atoms with van der Waals surface area (Å²) in [5, 5.41) is 0.606. The smallest absolute Gasteiger partial charge is 0.243 e. The lowest BCUT2D eigenvalue weighted by Gasteiger charge is -2.18. The Morgan fingerprint density at radius 2 is 2.17 bits per heavy atom. The lowest BCUT2D eigenvalue weighted by molar-refractivity contribution is -0.137. The van der Waals surface area contributed by atoms with Crippen LogP contribution >= 0.6 is 11.3 Å². The van der Waals surface area contributed by atoms with E-state index in [0.717, 1.165) is 24.3 Å². The molecule has 0 saturated carbocycles. The molecule has 2 heterocycles. The highest BCUT2D eigenvalue weighted by atomic mass is 32.1. The van der Waals surface area contributed by atoms with Crippen LogP contribution < -0.4 is 0 Å². The third-order valence-electron chi connectivity index (χ3n) is 3.58. The maximum atomic E-state index is 12.8. The minimum absolute atomic E-state index is 0.0786. The van der Waals surface area contributed by atoms with E-state index in [1.54, 1.807) is 12.2 Å². The molecule has 0 aliphatic heterocycles. The summed E-state index contributed by atoms with van der Waals surface area (Å²) in [5.41, 5.74) is 0.264. The van der Waals surface area contributed by atoms with Gasteiger partial charge in [0.25, 0.3) is 0 Å². The summed E-state index contributed by atoms with van der Waals surface area (Å²) in [5.74, 6) is -0.0786. The zero-order chi connectivity index (χ0) is 16.6. The average Bonchev–Trinajstić information content (AvgIpc) is 2.95. The third-order valence-corrected chi connectivity index (χ3v) is 5.22. The monoisotopic (exact) mass is 356 g/mol. The van der Waals surface area contributed by atoms with Crippen molar-refractivity contribution in [2.45, 2.75) is 19.5 Å². The first-order valence-electron chi connectivity index (χ1n) is 6.83. The van der Waals surface area contributed by atoms with Gasteiger partial charge in [-0.1, -0.05) is 30.4 Å². The second-order valence-corrected chi connectivity index (χ2v) is 6.61. The number of fused-ring (bicyclic) bond motifs is 1. The second kappa shape index (κ2) is 6.01. The van der Waals surface area contributed by atoms with Crippen LogP contribution in [0, 0.1) is 5.92 Å². The standard InChI is InChI=1S/C15H11F3N2OS2/c1-2-9-10(4-3-5-12(9)23-21)13-20-11-6-8(15(16,17)18)7-19-14(11)22-13/h3-7,9H,2H2,1H3. The minimum atomic E-state index is -4.44. The Hall–Kier alpha value is -1.80. The lowest BCUT2D eigenvalue weighted by Crippen LogP contribution is -2.15. The molecule has 0 N–H and O–H groups in total. The van der Waals surface area contributed by atoms with Crippen LogP contribution in [0.2, 0.25) is 0 Å². The van der Waals surface area contributed by atoms with Crippen molar-refractivity contribution in [1.82, 2.24) is 9.97 Å². The lowest BCUT2D eigenvalue weighted by atomic mass is 9.89. The molecule has 3 nitrogen and oxygen atoms in total. The molecule has 1 atom stereocenters. The summed E-state index contributed by atoms with van der Waals surface area (Å²) in [4.78, 5) is 9.32. The predicted molar refractivity (Wildman–Crippen MR) is 86.5 cm³/mol. The fraction of sp³-hybridized carbons (Fsp3) is 0.267. The average molecular weight is 356 g/mol. The van der Waals surface area contributed by atoms with E-state index in [1.165, 1.54) is 11.3 Å². The molecule has 1 unspecified atom stereocenters. The Morgan fingerprint density at radius 3 is 2.83 bits per heavy atom. The van der Waals surface area contributed by atoms with E-state index in [0.29, 0.717) is 26.0 Å². The van der Waals surface area contributed by atoms with Crippen LogP contribution in [0.3, 0.4) is 0 Å². The van der Waals surface area contributed by atoms with Crippen LogP contribution in [-0.2, 0) is 17.4 Å². The van der Waals surface area contributed by atoms with Crippen molar-refractivity contribution in [2.24, 2.45) is 5.92 Å². The van der Waals surface area contributed by atoms with Gasteiger partial charge in [0.1, 0.15) is 15.4 Å². The molecule has 0 amide bonds. The van der Waals surface area contributed by atoms with Crippen molar-refractivity contribution in [3.05, 3.63) is 41.1 Å². The van der Waals surface area contributed by atoms with Crippen LogP contribution in [0.4, 0.5) is 13.2 Å². The number of hydrogen-bond acceptors (Lipinski definition) is 4. The van der Waals surface area contributed by atoms with Gasteiger partial charge in [-0.15, -0.1) is 0 Å². The highest BCUT2D eigenvalue weighted by Crippen LogP contribution is 2.36. The van der Waals surface area contributed by atoms with Gasteiger partial charge in [0.05, 0.1) is 21.7 Å². The quantitative estimate of drug-likeness (QED) is 0.762. The fourth-order valence-corrected chi connectivity index (χ4v) is 3.97. The molecule has 0 saturated heterocycles. The molecular formula is C15H11F3N2OS2. The molecular weight excluding hydrogens is 345 g/mol. The zero-order valence-electron chi connectivity index (χ0n) is 11.9. The van der Waals surface area contributed by atoms with Crippen LogP contribution in [0.25, 0.3) is 15.9 Å². The Balaban J connectivity index is 2.08. The van der Waals surface area contributed by atoms with Crippen LogP contribution in [0.1, 0.15) is 23.9 Å². The van der Waals surface area contributed by atoms with Crippen molar-refractivity contribution in [2.75, 3.05) is 0 Å². The molecule has 0 aromatic carbocycles. The van der Waals surface area contributed by atoms with Crippen molar-refractivity contribution >= 4 is 43.4 Å². The molecule has 8 heteroatoms. The first kappa shape index (κ1) is 16.1. The van der Waals surface area contributed by atoms with Crippen molar-refractivity contribution in [3.63, 3.8) is 0 Å². The van der Waals surface area contributed by atoms with E-state index in [4.69, 9.17) is 0 Å². The van der Waals surface area contributed by atoms with E-state index >= 15 is 0 Å². The highest BCUT2D eigenvalue weighted by molar-refractivity contribution is 7.67. The first-order valence-corrected chi connectivity index (χ1v) is 8.39. The molecule has 0 fully saturated rings. The Labute approximate surface area is 137 Å². The van der Waals surface area contributed by atoms with Gasteiger partial charge < -0.3 is 0 Å². The number of thiazole rings is 1. The molecule has 23 heavy (non-hydrogen) atoms. The summed E-state index contributed by atoms with van der Waals surface area (Å²) >= 11 is 1.68. The molecule has 1 aliphatic rings. The summed E-state index contributed by atoms with van der Waals surface area (Å²) in [7, 11) is 0. The fourth-order valence-electron chi connectivity index (χ4n) is 2.46. The molecule has 3 rings (SSSR count). The Bertz CT molecular complexity index is 876. The summed E-state index contributed by atoms with van der Waals surface area (Å²) in [6.45, 7) is 1.96. The van der Waals surface area contributed by atoms with E-state index in [2.05, 4.69) is 9.97 Å². The van der Waals surface area contributed by atoms with Gasteiger partial charge in [0, 0.05) is 12.1 Å². The number of alkyl halides is 3. The topological polar surface area (TPSA) is 42.9 Å². The van der Waals surface area contributed by atoms with E-state index in [1.807, 2.05) is 13.0 Å². The van der Waals surface area contributed by atoms with Gasteiger partial charge in [0.2, 0.25) is 0 Å². The van der Waals surface area contributed by atoms with Gasteiger partial charge in [0.15, 0.2) is 0 Å². The first-order chi connectivity index (χ1) is 10.9. The number of hydrogen-bond donors (Lipinski definition) is 0. The summed E-state index contributed by atoms with van der Waals surface area (Å²) in [6.07, 6.45) is 2.49. The summed E-state index contributed by atoms with van der Waals surface area (Å²) < 4.78 is 49.5. The SMILES string of the molecule is CCC1C(c2nc3cc(C(F)(F)F)cnc3s2)=CC=CC1=S=O. The van der Waals surface area contributed by atoms with E-state index in [9.17, 15) is 17.4 Å². The molecule has 1 aliphatic carbocycles. The third kappa shape index (κ3) is 3.00. The largest absolute Gasteiger partial charge is 0.417 e.